The second kappa shape index (κ2) is 5.49. The van der Waals surface area contributed by atoms with Gasteiger partial charge >= 0.3 is 0 Å². The summed E-state index contributed by atoms with van der Waals surface area (Å²) in [7, 11) is 0. The van der Waals surface area contributed by atoms with E-state index in [1.165, 1.54) is 44.3 Å². The molecular weight excluding hydrogens is 234 g/mol. The Morgan fingerprint density at radius 1 is 1.32 bits per heavy atom. The fourth-order valence-electron chi connectivity index (χ4n) is 3.77. The topological polar surface area (TPSA) is 42.1 Å². The lowest BCUT2D eigenvalue weighted by atomic mass is 9.91. The van der Waals surface area contributed by atoms with E-state index in [2.05, 4.69) is 28.9 Å². The number of nitrogens with two attached hydrogens (primary N) is 1. The van der Waals surface area contributed by atoms with Gasteiger partial charge in [-0.1, -0.05) is 13.3 Å². The molecule has 1 saturated carbocycles. The van der Waals surface area contributed by atoms with E-state index < -0.39 is 0 Å². The first-order chi connectivity index (χ1) is 9.29. The van der Waals surface area contributed by atoms with E-state index in [1.807, 2.05) is 6.20 Å². The Bertz CT molecular complexity index is 415. The van der Waals surface area contributed by atoms with Gasteiger partial charge in [0.15, 0.2) is 0 Å². The summed E-state index contributed by atoms with van der Waals surface area (Å²) < 4.78 is 0. The van der Waals surface area contributed by atoms with Crippen LogP contribution >= 0.6 is 0 Å². The minimum Gasteiger partial charge on any atom is -0.367 e. The fraction of sp³-hybridized carbons (Fsp3) is 0.688. The predicted molar refractivity (Wildman–Crippen MR) is 79.2 cm³/mol. The van der Waals surface area contributed by atoms with E-state index in [0.717, 1.165) is 24.1 Å². The molecule has 1 aromatic heterocycles. The molecule has 0 aromatic carbocycles. The SMILES string of the molecule is CCC(N)c1ccc(N2CCCC3CCCC32)cn1. The first-order valence-corrected chi connectivity index (χ1v) is 7.77. The van der Waals surface area contributed by atoms with Crippen LogP contribution in [0.15, 0.2) is 18.3 Å². The normalized spacial score (nSPS) is 28.2. The summed E-state index contributed by atoms with van der Waals surface area (Å²) in [5.41, 5.74) is 8.35. The summed E-state index contributed by atoms with van der Waals surface area (Å²) in [6.45, 7) is 3.30. The molecule has 2 N–H and O–H groups in total. The Morgan fingerprint density at radius 3 is 2.89 bits per heavy atom. The Labute approximate surface area is 116 Å². The molecule has 1 aliphatic heterocycles. The molecule has 3 unspecified atom stereocenters. The van der Waals surface area contributed by atoms with Gasteiger partial charge in [-0.2, -0.15) is 0 Å². The Balaban J connectivity index is 1.77. The lowest BCUT2D eigenvalue weighted by molar-refractivity contribution is 0.362. The Kier molecular flexibility index (Phi) is 3.74. The zero-order valence-electron chi connectivity index (χ0n) is 11.9. The number of nitrogens with zero attached hydrogens (tertiary/aromatic N) is 2. The van der Waals surface area contributed by atoms with Gasteiger partial charge in [0.25, 0.3) is 0 Å². The van der Waals surface area contributed by atoms with Crippen molar-refractivity contribution in [2.45, 2.75) is 57.5 Å². The van der Waals surface area contributed by atoms with Crippen LogP contribution in [0, 0.1) is 5.92 Å². The highest BCUT2D eigenvalue weighted by molar-refractivity contribution is 5.47. The first-order valence-electron chi connectivity index (χ1n) is 7.77. The van der Waals surface area contributed by atoms with Crippen LogP contribution in [-0.4, -0.2) is 17.6 Å². The van der Waals surface area contributed by atoms with Crippen LogP contribution in [0.4, 0.5) is 5.69 Å². The smallest absolute Gasteiger partial charge is 0.0572 e. The lowest BCUT2D eigenvalue weighted by Crippen LogP contribution is -2.42. The van der Waals surface area contributed by atoms with Gasteiger partial charge in [-0.05, 0) is 50.2 Å². The molecule has 3 nitrogen and oxygen atoms in total. The van der Waals surface area contributed by atoms with E-state index >= 15 is 0 Å². The van der Waals surface area contributed by atoms with Gasteiger partial charge in [0.05, 0.1) is 17.6 Å². The molecule has 2 fully saturated rings. The van der Waals surface area contributed by atoms with Crippen LogP contribution in [0.5, 0.6) is 0 Å². The molecule has 0 bridgehead atoms. The number of pyridine rings is 1. The van der Waals surface area contributed by atoms with Gasteiger partial charge < -0.3 is 10.6 Å². The van der Waals surface area contributed by atoms with Crippen LogP contribution in [0.1, 0.15) is 57.2 Å². The molecule has 3 heteroatoms. The number of hydrogen-bond acceptors (Lipinski definition) is 3. The molecule has 3 atom stereocenters. The molecule has 19 heavy (non-hydrogen) atoms. The third kappa shape index (κ3) is 2.48. The molecule has 1 aromatic rings. The maximum absolute atomic E-state index is 6.03. The molecule has 2 heterocycles. The van der Waals surface area contributed by atoms with Gasteiger partial charge in [0.1, 0.15) is 0 Å². The lowest BCUT2D eigenvalue weighted by Gasteiger charge is -2.39. The number of rotatable bonds is 3. The summed E-state index contributed by atoms with van der Waals surface area (Å²) in [5.74, 6) is 0.923. The molecule has 3 rings (SSSR count). The second-order valence-electron chi connectivity index (χ2n) is 6.05. The second-order valence-corrected chi connectivity index (χ2v) is 6.05. The maximum atomic E-state index is 6.03. The average Bonchev–Trinajstić information content (AvgIpc) is 2.95. The number of anilines is 1. The molecule has 0 radical (unpaired) electrons. The van der Waals surface area contributed by atoms with Crippen LogP contribution in [-0.2, 0) is 0 Å². The van der Waals surface area contributed by atoms with Crippen LogP contribution in [0.2, 0.25) is 0 Å². The number of hydrogen-bond donors (Lipinski definition) is 1. The van der Waals surface area contributed by atoms with Crippen molar-refractivity contribution in [1.29, 1.82) is 0 Å². The highest BCUT2D eigenvalue weighted by Crippen LogP contribution is 2.38. The van der Waals surface area contributed by atoms with Crippen molar-refractivity contribution < 1.29 is 0 Å². The Morgan fingerprint density at radius 2 is 2.16 bits per heavy atom. The number of fused-ring (bicyclic) bond motifs is 1. The van der Waals surface area contributed by atoms with E-state index in [1.54, 1.807) is 0 Å². The standard InChI is InChI=1S/C16H25N3/c1-2-14(17)15-9-8-13(11-18-15)19-10-4-6-12-5-3-7-16(12)19/h8-9,11-12,14,16H,2-7,10,17H2,1H3. The molecule has 1 saturated heterocycles. The summed E-state index contributed by atoms with van der Waals surface area (Å²) in [5, 5.41) is 0. The zero-order valence-corrected chi connectivity index (χ0v) is 11.9. The third-order valence-corrected chi connectivity index (χ3v) is 4.92. The summed E-state index contributed by atoms with van der Waals surface area (Å²) in [6.07, 6.45) is 9.92. The van der Waals surface area contributed by atoms with Crippen molar-refractivity contribution in [3.05, 3.63) is 24.0 Å². The molecule has 1 aliphatic carbocycles. The van der Waals surface area contributed by atoms with Gasteiger partial charge in [0, 0.05) is 18.6 Å². The predicted octanol–water partition coefficient (Wildman–Crippen LogP) is 3.26. The van der Waals surface area contributed by atoms with E-state index in [0.29, 0.717) is 0 Å². The molecule has 0 spiro atoms. The van der Waals surface area contributed by atoms with Crippen molar-refractivity contribution in [1.82, 2.24) is 4.98 Å². The quantitative estimate of drug-likeness (QED) is 0.906. The number of aromatic nitrogens is 1. The maximum Gasteiger partial charge on any atom is 0.0572 e. The summed E-state index contributed by atoms with van der Waals surface area (Å²) in [4.78, 5) is 7.16. The highest BCUT2D eigenvalue weighted by Gasteiger charge is 2.35. The van der Waals surface area contributed by atoms with E-state index in [9.17, 15) is 0 Å². The van der Waals surface area contributed by atoms with Crippen LogP contribution in [0.3, 0.4) is 0 Å². The van der Waals surface area contributed by atoms with Crippen molar-refractivity contribution >= 4 is 5.69 Å². The van der Waals surface area contributed by atoms with Crippen LogP contribution in [0.25, 0.3) is 0 Å². The first kappa shape index (κ1) is 12.9. The van der Waals surface area contributed by atoms with Crippen molar-refractivity contribution in [3.63, 3.8) is 0 Å². The van der Waals surface area contributed by atoms with Crippen molar-refractivity contribution in [2.75, 3.05) is 11.4 Å². The van der Waals surface area contributed by atoms with Gasteiger partial charge in [-0.15, -0.1) is 0 Å². The van der Waals surface area contributed by atoms with Gasteiger partial charge in [0.2, 0.25) is 0 Å². The fourth-order valence-corrected chi connectivity index (χ4v) is 3.77. The summed E-state index contributed by atoms with van der Waals surface area (Å²) >= 11 is 0. The molecule has 2 aliphatic rings. The minimum atomic E-state index is 0.0784. The average molecular weight is 259 g/mol. The Hall–Kier alpha value is -1.09. The minimum absolute atomic E-state index is 0.0784. The number of piperidine rings is 1. The highest BCUT2D eigenvalue weighted by atomic mass is 15.2. The summed E-state index contributed by atoms with van der Waals surface area (Å²) in [6, 6.07) is 5.18. The molecule has 0 amide bonds. The van der Waals surface area contributed by atoms with Crippen molar-refractivity contribution in [3.8, 4) is 0 Å². The van der Waals surface area contributed by atoms with E-state index in [4.69, 9.17) is 5.73 Å². The molecule has 104 valence electrons. The molecular formula is C16H25N3. The largest absolute Gasteiger partial charge is 0.367 e. The van der Waals surface area contributed by atoms with Crippen molar-refractivity contribution in [2.24, 2.45) is 11.7 Å². The monoisotopic (exact) mass is 259 g/mol. The third-order valence-electron chi connectivity index (χ3n) is 4.92. The van der Waals surface area contributed by atoms with Crippen LogP contribution < -0.4 is 10.6 Å². The van der Waals surface area contributed by atoms with Gasteiger partial charge in [-0.3, -0.25) is 4.98 Å². The van der Waals surface area contributed by atoms with Gasteiger partial charge in [-0.25, -0.2) is 0 Å². The zero-order chi connectivity index (χ0) is 13.2. The van der Waals surface area contributed by atoms with E-state index in [-0.39, 0.29) is 6.04 Å².